The molecule has 1 atom stereocenters. The molecule has 0 bridgehead atoms. The summed E-state index contributed by atoms with van der Waals surface area (Å²) < 4.78 is 1.69. The van der Waals surface area contributed by atoms with Crippen LogP contribution >= 0.6 is 0 Å². The van der Waals surface area contributed by atoms with Gasteiger partial charge in [-0.15, -0.1) is 0 Å². The van der Waals surface area contributed by atoms with Crippen LogP contribution in [0.15, 0.2) is 53.6 Å². The SMILES string of the molecule is C[C@@H](NC(=O)Nc1cccc(-c2ccc(=O)[nH]n2)c1)c1cnn(C)c1. The van der Waals surface area contributed by atoms with E-state index in [0.29, 0.717) is 11.4 Å². The summed E-state index contributed by atoms with van der Waals surface area (Å²) in [6.45, 7) is 1.89. The van der Waals surface area contributed by atoms with Gasteiger partial charge in [-0.25, -0.2) is 9.89 Å². The number of aromatic amines is 1. The Morgan fingerprint density at radius 3 is 2.80 bits per heavy atom. The smallest absolute Gasteiger partial charge is 0.319 e. The highest BCUT2D eigenvalue weighted by Gasteiger charge is 2.11. The van der Waals surface area contributed by atoms with Crippen molar-refractivity contribution in [3.8, 4) is 11.3 Å². The quantitative estimate of drug-likeness (QED) is 0.677. The molecule has 3 aromatic rings. The normalized spacial score (nSPS) is 11.8. The summed E-state index contributed by atoms with van der Waals surface area (Å²) >= 11 is 0. The Morgan fingerprint density at radius 1 is 1.28 bits per heavy atom. The molecule has 1 aromatic carbocycles. The van der Waals surface area contributed by atoms with E-state index >= 15 is 0 Å². The number of nitrogens with zero attached hydrogens (tertiary/aromatic N) is 3. The molecule has 0 aliphatic rings. The number of hydrogen-bond donors (Lipinski definition) is 3. The minimum absolute atomic E-state index is 0.169. The summed E-state index contributed by atoms with van der Waals surface area (Å²) in [6, 6.07) is 9.77. The van der Waals surface area contributed by atoms with Crippen molar-refractivity contribution >= 4 is 11.7 Å². The lowest BCUT2D eigenvalue weighted by Gasteiger charge is -2.13. The van der Waals surface area contributed by atoms with E-state index in [1.807, 2.05) is 32.3 Å². The topological polar surface area (TPSA) is 105 Å². The lowest BCUT2D eigenvalue weighted by molar-refractivity contribution is 0.249. The fraction of sp³-hybridized carbons (Fsp3) is 0.176. The zero-order valence-corrected chi connectivity index (χ0v) is 13.9. The van der Waals surface area contributed by atoms with Crippen molar-refractivity contribution in [2.24, 2.45) is 7.05 Å². The number of H-pyrrole nitrogens is 1. The zero-order valence-electron chi connectivity index (χ0n) is 13.9. The van der Waals surface area contributed by atoms with E-state index in [0.717, 1.165) is 11.1 Å². The molecule has 8 nitrogen and oxygen atoms in total. The van der Waals surface area contributed by atoms with Crippen LogP contribution in [0.5, 0.6) is 0 Å². The van der Waals surface area contributed by atoms with Crippen LogP contribution < -0.4 is 16.2 Å². The molecule has 8 heteroatoms. The van der Waals surface area contributed by atoms with Crippen molar-refractivity contribution in [2.75, 3.05) is 5.32 Å². The molecule has 2 heterocycles. The monoisotopic (exact) mass is 338 g/mol. The first-order chi connectivity index (χ1) is 12.0. The molecule has 0 unspecified atom stereocenters. The number of aryl methyl sites for hydroxylation is 1. The minimum atomic E-state index is -0.317. The van der Waals surface area contributed by atoms with Gasteiger partial charge in [0.15, 0.2) is 0 Å². The first-order valence-electron chi connectivity index (χ1n) is 7.73. The van der Waals surface area contributed by atoms with Gasteiger partial charge in [0.05, 0.1) is 17.9 Å². The van der Waals surface area contributed by atoms with Crippen LogP contribution in [0, 0.1) is 0 Å². The maximum Gasteiger partial charge on any atom is 0.319 e. The van der Waals surface area contributed by atoms with Crippen LogP contribution in [-0.4, -0.2) is 26.0 Å². The van der Waals surface area contributed by atoms with Crippen molar-refractivity contribution in [1.29, 1.82) is 0 Å². The van der Waals surface area contributed by atoms with Gasteiger partial charge in [-0.05, 0) is 25.1 Å². The van der Waals surface area contributed by atoms with Crippen molar-refractivity contribution in [1.82, 2.24) is 25.3 Å². The number of rotatable bonds is 4. The average molecular weight is 338 g/mol. The van der Waals surface area contributed by atoms with E-state index in [4.69, 9.17) is 0 Å². The third kappa shape index (κ3) is 4.11. The number of anilines is 1. The van der Waals surface area contributed by atoms with Crippen LogP contribution in [0.3, 0.4) is 0 Å². The predicted octanol–water partition coefficient (Wildman–Crippen LogP) is 2.05. The van der Waals surface area contributed by atoms with Gasteiger partial charge in [-0.3, -0.25) is 9.48 Å². The van der Waals surface area contributed by atoms with Gasteiger partial charge in [-0.2, -0.15) is 10.2 Å². The number of aromatic nitrogens is 4. The molecule has 0 aliphatic heterocycles. The van der Waals surface area contributed by atoms with E-state index in [-0.39, 0.29) is 17.6 Å². The summed E-state index contributed by atoms with van der Waals surface area (Å²) in [7, 11) is 1.83. The van der Waals surface area contributed by atoms with E-state index in [2.05, 4.69) is 25.9 Å². The van der Waals surface area contributed by atoms with Crippen LogP contribution in [0.1, 0.15) is 18.5 Å². The van der Waals surface area contributed by atoms with Gasteiger partial charge in [0.1, 0.15) is 0 Å². The first-order valence-corrected chi connectivity index (χ1v) is 7.73. The summed E-state index contributed by atoms with van der Waals surface area (Å²) in [5, 5.41) is 16.1. The molecular formula is C17H18N6O2. The standard InChI is InChI=1S/C17H18N6O2/c1-11(13-9-18-23(2)10-13)19-17(25)20-14-5-3-4-12(8-14)15-6-7-16(24)22-21-15/h3-11H,1-2H3,(H,22,24)(H2,19,20,25)/t11-/m1/s1. The Kier molecular flexibility index (Phi) is 4.60. The van der Waals surface area contributed by atoms with E-state index in [1.165, 1.54) is 6.07 Å². The average Bonchev–Trinajstić information content (AvgIpc) is 3.02. The third-order valence-corrected chi connectivity index (χ3v) is 3.67. The van der Waals surface area contributed by atoms with Crippen LogP contribution in [0.25, 0.3) is 11.3 Å². The molecule has 3 N–H and O–H groups in total. The fourth-order valence-electron chi connectivity index (χ4n) is 2.37. The number of benzene rings is 1. The van der Waals surface area contributed by atoms with Crippen molar-refractivity contribution in [3.05, 3.63) is 64.7 Å². The molecule has 0 radical (unpaired) electrons. The summed E-state index contributed by atoms with van der Waals surface area (Å²) in [5.41, 5.74) is 2.69. The number of urea groups is 1. The van der Waals surface area contributed by atoms with Gasteiger partial charge in [0.25, 0.3) is 5.56 Å². The van der Waals surface area contributed by atoms with Gasteiger partial charge in [0.2, 0.25) is 0 Å². The number of amides is 2. The molecule has 2 amide bonds. The van der Waals surface area contributed by atoms with Crippen LogP contribution in [0.4, 0.5) is 10.5 Å². The lowest BCUT2D eigenvalue weighted by Crippen LogP contribution is -2.31. The zero-order chi connectivity index (χ0) is 17.8. The number of carbonyl (C=O) groups excluding carboxylic acids is 1. The Morgan fingerprint density at radius 2 is 2.12 bits per heavy atom. The Bertz CT molecular complexity index is 926. The minimum Gasteiger partial charge on any atom is -0.331 e. The van der Waals surface area contributed by atoms with E-state index in [1.54, 1.807) is 29.1 Å². The van der Waals surface area contributed by atoms with E-state index in [9.17, 15) is 9.59 Å². The second kappa shape index (κ2) is 7.00. The van der Waals surface area contributed by atoms with Gasteiger partial charge >= 0.3 is 6.03 Å². The Balaban J connectivity index is 1.68. The highest BCUT2D eigenvalue weighted by atomic mass is 16.2. The molecule has 0 fully saturated rings. The Hall–Kier alpha value is -3.42. The first kappa shape index (κ1) is 16.4. The molecular weight excluding hydrogens is 320 g/mol. The van der Waals surface area contributed by atoms with Crippen molar-refractivity contribution in [3.63, 3.8) is 0 Å². The van der Waals surface area contributed by atoms with Crippen LogP contribution in [-0.2, 0) is 7.05 Å². The largest absolute Gasteiger partial charge is 0.331 e. The summed E-state index contributed by atoms with van der Waals surface area (Å²) in [6.07, 6.45) is 3.57. The molecule has 0 saturated carbocycles. The van der Waals surface area contributed by atoms with Gasteiger partial charge in [-0.1, -0.05) is 12.1 Å². The van der Waals surface area contributed by atoms with Gasteiger partial charge in [0, 0.05) is 36.1 Å². The number of hydrogen-bond acceptors (Lipinski definition) is 4. The second-order valence-corrected chi connectivity index (χ2v) is 5.65. The van der Waals surface area contributed by atoms with E-state index < -0.39 is 0 Å². The highest BCUT2D eigenvalue weighted by Crippen LogP contribution is 2.20. The molecule has 2 aromatic heterocycles. The number of carbonyl (C=O) groups is 1. The molecule has 128 valence electrons. The fourth-order valence-corrected chi connectivity index (χ4v) is 2.37. The number of nitrogens with one attached hydrogen (secondary N) is 3. The summed E-state index contributed by atoms with van der Waals surface area (Å²) in [5.74, 6) is 0. The van der Waals surface area contributed by atoms with Gasteiger partial charge < -0.3 is 10.6 Å². The Labute approximate surface area is 143 Å². The van der Waals surface area contributed by atoms with Crippen molar-refractivity contribution < 1.29 is 4.79 Å². The molecule has 25 heavy (non-hydrogen) atoms. The molecule has 0 aliphatic carbocycles. The van der Waals surface area contributed by atoms with Crippen LogP contribution in [0.2, 0.25) is 0 Å². The maximum atomic E-state index is 12.2. The summed E-state index contributed by atoms with van der Waals surface area (Å²) in [4.78, 5) is 23.3. The molecule has 0 saturated heterocycles. The lowest BCUT2D eigenvalue weighted by atomic mass is 10.1. The third-order valence-electron chi connectivity index (χ3n) is 3.67. The molecule has 0 spiro atoms. The second-order valence-electron chi connectivity index (χ2n) is 5.65. The predicted molar refractivity (Wildman–Crippen MR) is 94.1 cm³/mol. The maximum absolute atomic E-state index is 12.2. The highest BCUT2D eigenvalue weighted by molar-refractivity contribution is 5.90. The van der Waals surface area contributed by atoms with Crippen molar-refractivity contribution in [2.45, 2.75) is 13.0 Å². The molecule has 3 rings (SSSR count).